The number of hydrogen-bond acceptors (Lipinski definition) is 6. The Morgan fingerprint density at radius 2 is 1.76 bits per heavy atom. The molecule has 4 N–H and O–H groups in total. The van der Waals surface area contributed by atoms with Crippen molar-refractivity contribution in [2.45, 2.75) is 32.6 Å². The van der Waals surface area contributed by atoms with Crippen molar-refractivity contribution in [3.8, 4) is 23.0 Å². The second kappa shape index (κ2) is 6.55. The van der Waals surface area contributed by atoms with E-state index in [9.17, 15) is 10.2 Å². The summed E-state index contributed by atoms with van der Waals surface area (Å²) in [4.78, 5) is 0. The van der Waals surface area contributed by atoms with Crippen molar-refractivity contribution < 1.29 is 19.7 Å². The molecule has 0 aliphatic carbocycles. The van der Waals surface area contributed by atoms with Gasteiger partial charge in [0.1, 0.15) is 11.5 Å². The van der Waals surface area contributed by atoms with Crippen molar-refractivity contribution in [3.05, 3.63) is 47.0 Å². The Kier molecular flexibility index (Phi) is 4.44. The van der Waals surface area contributed by atoms with Crippen LogP contribution in [-0.2, 0) is 0 Å². The molecule has 2 aromatic carbocycles. The van der Waals surface area contributed by atoms with E-state index in [1.54, 1.807) is 6.07 Å². The van der Waals surface area contributed by atoms with Crippen LogP contribution in [0.1, 0.15) is 49.3 Å². The molecule has 0 radical (unpaired) electrons. The molecule has 1 heterocycles. The highest BCUT2D eigenvalue weighted by Gasteiger charge is 2.23. The molecule has 1 aliphatic rings. The summed E-state index contributed by atoms with van der Waals surface area (Å²) in [5.74, 6) is 6.95. The van der Waals surface area contributed by atoms with Gasteiger partial charge >= 0.3 is 0 Å². The van der Waals surface area contributed by atoms with Crippen molar-refractivity contribution in [3.63, 3.8) is 0 Å². The molecule has 6 nitrogen and oxygen atoms in total. The molecule has 1 atom stereocenters. The summed E-state index contributed by atoms with van der Waals surface area (Å²) in [7, 11) is 0. The van der Waals surface area contributed by atoms with Gasteiger partial charge in [-0.15, -0.1) is 0 Å². The lowest BCUT2D eigenvalue weighted by Crippen LogP contribution is -2.14. The molecular formula is C19H22N2O4. The third-order valence-electron chi connectivity index (χ3n) is 4.49. The average molecular weight is 342 g/mol. The van der Waals surface area contributed by atoms with E-state index in [0.29, 0.717) is 22.8 Å². The molecule has 0 fully saturated rings. The van der Waals surface area contributed by atoms with E-state index in [1.807, 2.05) is 39.0 Å². The predicted octanol–water partition coefficient (Wildman–Crippen LogP) is 3.42. The lowest BCUT2D eigenvalue weighted by Gasteiger charge is -2.18. The smallest absolute Gasteiger partial charge is 0.231 e. The number of ether oxygens (including phenoxy) is 2. The number of hydrogen-bond donors (Lipinski definition) is 3. The molecule has 132 valence electrons. The summed E-state index contributed by atoms with van der Waals surface area (Å²) in [6.07, 6.45) is 0. The Hall–Kier alpha value is -2.89. The molecule has 25 heavy (non-hydrogen) atoms. The standard InChI is InChI=1S/C19H22N2O4/c1-10(2)13-7-14(16(23)8-15(13)22)19(21-20)11(3)12-4-5-17-18(6-12)25-9-24-17/h4-8,10-11,22-23H,9,20H2,1-3H3/b21-19-. The summed E-state index contributed by atoms with van der Waals surface area (Å²) < 4.78 is 10.8. The van der Waals surface area contributed by atoms with Gasteiger partial charge in [-0.25, -0.2) is 0 Å². The maximum atomic E-state index is 10.3. The van der Waals surface area contributed by atoms with E-state index in [0.717, 1.165) is 11.1 Å². The molecule has 1 unspecified atom stereocenters. The highest BCUT2D eigenvalue weighted by molar-refractivity contribution is 6.07. The fourth-order valence-electron chi connectivity index (χ4n) is 3.02. The zero-order valence-electron chi connectivity index (χ0n) is 14.5. The van der Waals surface area contributed by atoms with Crippen LogP contribution in [0.15, 0.2) is 35.4 Å². The summed E-state index contributed by atoms with van der Waals surface area (Å²) in [6.45, 7) is 6.10. The Balaban J connectivity index is 2.01. The lowest BCUT2D eigenvalue weighted by molar-refractivity contribution is 0.174. The van der Waals surface area contributed by atoms with Crippen LogP contribution in [0.25, 0.3) is 0 Å². The molecule has 0 saturated heterocycles. The number of rotatable bonds is 4. The first kappa shape index (κ1) is 17.0. The highest BCUT2D eigenvalue weighted by atomic mass is 16.7. The van der Waals surface area contributed by atoms with Gasteiger partial charge in [-0.2, -0.15) is 5.10 Å². The highest BCUT2D eigenvalue weighted by Crippen LogP contribution is 2.38. The van der Waals surface area contributed by atoms with Crippen molar-refractivity contribution in [1.82, 2.24) is 0 Å². The second-order valence-corrected chi connectivity index (χ2v) is 6.43. The van der Waals surface area contributed by atoms with Crippen LogP contribution in [0.2, 0.25) is 0 Å². The third-order valence-corrected chi connectivity index (χ3v) is 4.49. The van der Waals surface area contributed by atoms with Gasteiger partial charge < -0.3 is 25.5 Å². The Bertz CT molecular complexity index is 830. The van der Waals surface area contributed by atoms with Gasteiger partial charge in [-0.3, -0.25) is 0 Å². The molecule has 1 aliphatic heterocycles. The van der Waals surface area contributed by atoms with Gasteiger partial charge in [0, 0.05) is 17.5 Å². The topological polar surface area (TPSA) is 97.3 Å². The molecule has 0 spiro atoms. The maximum Gasteiger partial charge on any atom is 0.231 e. The van der Waals surface area contributed by atoms with Crippen LogP contribution in [0.5, 0.6) is 23.0 Å². The van der Waals surface area contributed by atoms with Crippen LogP contribution < -0.4 is 15.3 Å². The Morgan fingerprint density at radius 3 is 2.44 bits per heavy atom. The molecule has 3 rings (SSSR count). The molecule has 2 aromatic rings. The zero-order valence-corrected chi connectivity index (χ0v) is 14.5. The molecule has 0 aromatic heterocycles. The summed E-state index contributed by atoms with van der Waals surface area (Å²) in [5.41, 5.74) is 2.70. The van der Waals surface area contributed by atoms with Crippen molar-refractivity contribution in [2.75, 3.05) is 6.79 Å². The first-order valence-electron chi connectivity index (χ1n) is 8.16. The van der Waals surface area contributed by atoms with Crippen LogP contribution >= 0.6 is 0 Å². The van der Waals surface area contributed by atoms with Crippen molar-refractivity contribution >= 4 is 5.71 Å². The van der Waals surface area contributed by atoms with Gasteiger partial charge in [-0.1, -0.05) is 26.8 Å². The summed E-state index contributed by atoms with van der Waals surface area (Å²) in [6, 6.07) is 8.73. The molecule has 0 bridgehead atoms. The van der Waals surface area contributed by atoms with Gasteiger partial charge in [-0.05, 0) is 35.2 Å². The quantitative estimate of drug-likeness (QED) is 0.449. The molecule has 6 heteroatoms. The van der Waals surface area contributed by atoms with Crippen LogP contribution in [-0.4, -0.2) is 22.7 Å². The lowest BCUT2D eigenvalue weighted by atomic mass is 9.88. The number of phenols is 2. The van der Waals surface area contributed by atoms with Gasteiger partial charge in [0.05, 0.1) is 5.71 Å². The maximum absolute atomic E-state index is 10.3. The second-order valence-electron chi connectivity index (χ2n) is 6.43. The summed E-state index contributed by atoms with van der Waals surface area (Å²) >= 11 is 0. The van der Waals surface area contributed by atoms with Crippen LogP contribution in [0.4, 0.5) is 0 Å². The van der Waals surface area contributed by atoms with Crippen molar-refractivity contribution in [1.29, 1.82) is 0 Å². The fraction of sp³-hybridized carbons (Fsp3) is 0.316. The SMILES string of the molecule is CC(C)c1cc(/C(=N\N)C(C)c2ccc3c(c2)OCO3)c(O)cc1O. The van der Waals surface area contributed by atoms with E-state index in [-0.39, 0.29) is 30.1 Å². The average Bonchev–Trinajstić information content (AvgIpc) is 3.04. The van der Waals surface area contributed by atoms with E-state index >= 15 is 0 Å². The van der Waals surface area contributed by atoms with Crippen molar-refractivity contribution in [2.24, 2.45) is 10.9 Å². The number of benzene rings is 2. The van der Waals surface area contributed by atoms with Gasteiger partial charge in [0.15, 0.2) is 11.5 Å². The fourth-order valence-corrected chi connectivity index (χ4v) is 3.02. The number of nitrogens with zero attached hydrogens (tertiary/aromatic N) is 1. The first-order valence-corrected chi connectivity index (χ1v) is 8.16. The van der Waals surface area contributed by atoms with E-state index in [2.05, 4.69) is 5.10 Å². The number of nitrogens with two attached hydrogens (primary N) is 1. The predicted molar refractivity (Wildman–Crippen MR) is 95.6 cm³/mol. The third kappa shape index (κ3) is 3.07. The summed E-state index contributed by atoms with van der Waals surface area (Å²) in [5, 5.41) is 24.3. The normalized spacial score (nSPS) is 14.8. The largest absolute Gasteiger partial charge is 0.508 e. The minimum Gasteiger partial charge on any atom is -0.508 e. The Morgan fingerprint density at radius 1 is 1.04 bits per heavy atom. The van der Waals surface area contributed by atoms with E-state index in [1.165, 1.54) is 6.07 Å². The van der Waals surface area contributed by atoms with Crippen LogP contribution in [0.3, 0.4) is 0 Å². The van der Waals surface area contributed by atoms with E-state index < -0.39 is 0 Å². The number of hydrazone groups is 1. The zero-order chi connectivity index (χ0) is 18.1. The first-order chi connectivity index (χ1) is 11.9. The monoisotopic (exact) mass is 342 g/mol. The van der Waals surface area contributed by atoms with Gasteiger partial charge in [0.2, 0.25) is 6.79 Å². The molecule has 0 amide bonds. The van der Waals surface area contributed by atoms with Gasteiger partial charge in [0.25, 0.3) is 0 Å². The van der Waals surface area contributed by atoms with Crippen LogP contribution in [0, 0.1) is 0 Å². The number of aromatic hydroxyl groups is 2. The molecule has 0 saturated carbocycles. The number of fused-ring (bicyclic) bond motifs is 1. The molecular weight excluding hydrogens is 320 g/mol. The minimum atomic E-state index is -0.185. The Labute approximate surface area is 146 Å². The van der Waals surface area contributed by atoms with E-state index in [4.69, 9.17) is 15.3 Å². The number of phenolic OH excluding ortho intramolecular Hbond substituents is 2. The minimum absolute atomic E-state index is 0.0568.